The van der Waals surface area contributed by atoms with Crippen molar-refractivity contribution in [3.05, 3.63) is 40.6 Å². The summed E-state index contributed by atoms with van der Waals surface area (Å²) in [6.07, 6.45) is 12.1. The molecule has 0 radical (unpaired) electrons. The van der Waals surface area contributed by atoms with Crippen LogP contribution in [0.15, 0.2) is 35.1 Å². The summed E-state index contributed by atoms with van der Waals surface area (Å²) >= 11 is 3.43. The molecule has 0 saturated heterocycles. The van der Waals surface area contributed by atoms with Crippen molar-refractivity contribution in [1.82, 2.24) is 10.3 Å². The molecule has 1 aliphatic rings. The van der Waals surface area contributed by atoms with Crippen LogP contribution in [-0.2, 0) is 6.54 Å². The van der Waals surface area contributed by atoms with E-state index in [-0.39, 0.29) is 0 Å². The van der Waals surface area contributed by atoms with E-state index in [0.29, 0.717) is 0 Å². The molecule has 1 aromatic rings. The molecule has 1 aliphatic carbocycles. The Bertz CT molecular complexity index is 363. The lowest BCUT2D eigenvalue weighted by Gasteiger charge is -2.18. The maximum absolute atomic E-state index is 4.15. The number of nitrogens with zero attached hydrogens (tertiary/aromatic N) is 1. The molecule has 1 aromatic heterocycles. The van der Waals surface area contributed by atoms with E-state index < -0.39 is 0 Å². The predicted octanol–water partition coefficient (Wildman–Crippen LogP) is 3.29. The highest BCUT2D eigenvalue weighted by atomic mass is 79.9. The first-order valence-electron chi connectivity index (χ1n) is 5.80. The Morgan fingerprint density at radius 2 is 2.31 bits per heavy atom. The van der Waals surface area contributed by atoms with E-state index in [2.05, 4.69) is 44.4 Å². The molecule has 0 bridgehead atoms. The molecule has 1 N–H and O–H groups in total. The molecule has 16 heavy (non-hydrogen) atoms. The van der Waals surface area contributed by atoms with Gasteiger partial charge in [-0.15, -0.1) is 0 Å². The lowest BCUT2D eigenvalue weighted by Crippen LogP contribution is -2.23. The van der Waals surface area contributed by atoms with Crippen molar-refractivity contribution < 1.29 is 0 Å². The van der Waals surface area contributed by atoms with E-state index in [1.165, 1.54) is 24.8 Å². The van der Waals surface area contributed by atoms with Gasteiger partial charge in [0.2, 0.25) is 0 Å². The standard InChI is InChI=1S/C13H17BrN2/c14-13-6-12(9-16-10-13)8-15-7-11-4-2-1-3-5-11/h1-2,6,9-11,15H,3-5,7-8H2. The first-order chi connectivity index (χ1) is 7.84. The van der Waals surface area contributed by atoms with Crippen LogP contribution in [0.1, 0.15) is 24.8 Å². The second kappa shape index (κ2) is 6.16. The van der Waals surface area contributed by atoms with E-state index in [9.17, 15) is 0 Å². The van der Waals surface area contributed by atoms with Crippen molar-refractivity contribution in [3.8, 4) is 0 Å². The summed E-state index contributed by atoms with van der Waals surface area (Å²) in [5.41, 5.74) is 1.24. The second-order valence-corrected chi connectivity index (χ2v) is 5.21. The summed E-state index contributed by atoms with van der Waals surface area (Å²) in [7, 11) is 0. The maximum atomic E-state index is 4.15. The second-order valence-electron chi connectivity index (χ2n) is 4.29. The average molecular weight is 281 g/mol. The summed E-state index contributed by atoms with van der Waals surface area (Å²) in [6, 6.07) is 2.11. The first kappa shape index (κ1) is 11.8. The molecule has 1 unspecified atom stereocenters. The number of aromatic nitrogens is 1. The zero-order valence-electron chi connectivity index (χ0n) is 9.32. The highest BCUT2D eigenvalue weighted by Crippen LogP contribution is 2.17. The van der Waals surface area contributed by atoms with Gasteiger partial charge >= 0.3 is 0 Å². The van der Waals surface area contributed by atoms with Crippen LogP contribution in [0.5, 0.6) is 0 Å². The largest absolute Gasteiger partial charge is 0.312 e. The molecule has 1 atom stereocenters. The van der Waals surface area contributed by atoms with Gasteiger partial charge in [-0.2, -0.15) is 0 Å². The van der Waals surface area contributed by atoms with Gasteiger partial charge < -0.3 is 5.32 Å². The van der Waals surface area contributed by atoms with Crippen molar-refractivity contribution in [2.24, 2.45) is 5.92 Å². The van der Waals surface area contributed by atoms with Crippen LogP contribution >= 0.6 is 15.9 Å². The fourth-order valence-electron chi connectivity index (χ4n) is 2.01. The quantitative estimate of drug-likeness (QED) is 0.857. The molecule has 86 valence electrons. The molecule has 0 fully saturated rings. The summed E-state index contributed by atoms with van der Waals surface area (Å²) in [4.78, 5) is 4.15. The Labute approximate surface area is 105 Å². The summed E-state index contributed by atoms with van der Waals surface area (Å²) < 4.78 is 1.05. The molecule has 2 rings (SSSR count). The number of allylic oxidation sites excluding steroid dienone is 2. The molecular formula is C13H17BrN2. The minimum Gasteiger partial charge on any atom is -0.312 e. The molecule has 0 saturated carbocycles. The van der Waals surface area contributed by atoms with Crippen molar-refractivity contribution >= 4 is 15.9 Å². The highest BCUT2D eigenvalue weighted by molar-refractivity contribution is 9.10. The number of nitrogens with one attached hydrogen (secondary N) is 1. The van der Waals surface area contributed by atoms with Gasteiger partial charge in [-0.05, 0) is 59.3 Å². The smallest absolute Gasteiger partial charge is 0.0410 e. The number of pyridine rings is 1. The van der Waals surface area contributed by atoms with E-state index >= 15 is 0 Å². The molecule has 2 nitrogen and oxygen atoms in total. The predicted molar refractivity (Wildman–Crippen MR) is 70.1 cm³/mol. The van der Waals surface area contributed by atoms with Crippen molar-refractivity contribution in [2.75, 3.05) is 6.54 Å². The van der Waals surface area contributed by atoms with E-state index in [1.807, 2.05) is 12.4 Å². The average Bonchev–Trinajstić information content (AvgIpc) is 2.30. The summed E-state index contributed by atoms with van der Waals surface area (Å²) in [6.45, 7) is 2.02. The third-order valence-corrected chi connectivity index (χ3v) is 3.33. The monoisotopic (exact) mass is 280 g/mol. The fraction of sp³-hybridized carbons (Fsp3) is 0.462. The molecular weight excluding hydrogens is 264 g/mol. The van der Waals surface area contributed by atoms with Gasteiger partial charge in [-0.1, -0.05) is 12.2 Å². The SMILES string of the molecule is Brc1cncc(CNCC2CC=CCC2)c1. The van der Waals surface area contributed by atoms with Crippen LogP contribution in [-0.4, -0.2) is 11.5 Å². The lowest BCUT2D eigenvalue weighted by atomic mass is 9.94. The molecule has 0 aromatic carbocycles. The van der Waals surface area contributed by atoms with Crippen molar-refractivity contribution in [1.29, 1.82) is 0 Å². The van der Waals surface area contributed by atoms with Crippen LogP contribution in [0.2, 0.25) is 0 Å². The van der Waals surface area contributed by atoms with Crippen LogP contribution in [0.25, 0.3) is 0 Å². The Balaban J connectivity index is 1.73. The summed E-state index contributed by atoms with van der Waals surface area (Å²) in [5.74, 6) is 0.810. The number of hydrogen-bond donors (Lipinski definition) is 1. The third kappa shape index (κ3) is 3.72. The maximum Gasteiger partial charge on any atom is 0.0410 e. The van der Waals surface area contributed by atoms with Crippen LogP contribution < -0.4 is 5.32 Å². The topological polar surface area (TPSA) is 24.9 Å². The van der Waals surface area contributed by atoms with Crippen LogP contribution in [0, 0.1) is 5.92 Å². The van der Waals surface area contributed by atoms with E-state index in [0.717, 1.165) is 23.5 Å². The van der Waals surface area contributed by atoms with E-state index in [4.69, 9.17) is 0 Å². The molecule has 0 spiro atoms. The van der Waals surface area contributed by atoms with Crippen LogP contribution in [0.3, 0.4) is 0 Å². The van der Waals surface area contributed by atoms with Gasteiger partial charge in [-0.3, -0.25) is 4.98 Å². The summed E-state index contributed by atoms with van der Waals surface area (Å²) in [5, 5.41) is 3.50. The highest BCUT2D eigenvalue weighted by Gasteiger charge is 2.08. The Morgan fingerprint density at radius 1 is 1.38 bits per heavy atom. The first-order valence-corrected chi connectivity index (χ1v) is 6.59. The minimum atomic E-state index is 0.810. The zero-order valence-corrected chi connectivity index (χ0v) is 10.9. The molecule has 0 aliphatic heterocycles. The number of halogens is 1. The molecule has 0 amide bonds. The fourth-order valence-corrected chi connectivity index (χ4v) is 2.43. The molecule has 3 heteroatoms. The van der Waals surface area contributed by atoms with Gasteiger partial charge in [0, 0.05) is 23.4 Å². The molecule has 1 heterocycles. The van der Waals surface area contributed by atoms with Crippen LogP contribution in [0.4, 0.5) is 0 Å². The van der Waals surface area contributed by atoms with Gasteiger partial charge in [-0.25, -0.2) is 0 Å². The Kier molecular flexibility index (Phi) is 4.55. The minimum absolute atomic E-state index is 0.810. The third-order valence-electron chi connectivity index (χ3n) is 2.90. The van der Waals surface area contributed by atoms with Crippen molar-refractivity contribution in [3.63, 3.8) is 0 Å². The number of hydrogen-bond acceptors (Lipinski definition) is 2. The normalized spacial score (nSPS) is 19.9. The van der Waals surface area contributed by atoms with Crippen molar-refractivity contribution in [2.45, 2.75) is 25.8 Å². The van der Waals surface area contributed by atoms with Gasteiger partial charge in [0.1, 0.15) is 0 Å². The Hall–Kier alpha value is -0.670. The zero-order chi connectivity index (χ0) is 11.2. The van der Waals surface area contributed by atoms with Gasteiger partial charge in [0.05, 0.1) is 0 Å². The number of rotatable bonds is 4. The van der Waals surface area contributed by atoms with Gasteiger partial charge in [0.25, 0.3) is 0 Å². The lowest BCUT2D eigenvalue weighted by molar-refractivity contribution is 0.440. The van der Waals surface area contributed by atoms with Gasteiger partial charge in [0.15, 0.2) is 0 Å². The van der Waals surface area contributed by atoms with E-state index in [1.54, 1.807) is 0 Å². The Morgan fingerprint density at radius 3 is 3.06 bits per heavy atom.